The first kappa shape index (κ1) is 46.8. The van der Waals surface area contributed by atoms with Gasteiger partial charge in [0.25, 0.3) is 0 Å². The monoisotopic (exact) mass is 837 g/mol. The molecule has 2 saturated carbocycles. The normalized spacial score (nSPS) is 14.0. The zero-order valence-electron chi connectivity index (χ0n) is 37.1. The molecule has 0 unspecified atom stereocenters. The highest BCUT2D eigenvalue weighted by Gasteiger charge is 2.18. The Kier molecular flexibility index (Phi) is 19.1. The molecule has 4 aromatic rings. The molecule has 6 rings (SSSR count). The van der Waals surface area contributed by atoms with E-state index in [9.17, 15) is 9.59 Å². The summed E-state index contributed by atoms with van der Waals surface area (Å²) in [5.74, 6) is 4.34. The number of carbonyl (C=O) groups excluding carboxylic acids is 2. The molecule has 0 bridgehead atoms. The number of carbonyl (C=O) groups is 2. The lowest BCUT2D eigenvalue weighted by Crippen LogP contribution is -2.21. The molecular weight excluding hydrogens is 771 g/mol. The molecule has 0 aromatic heterocycles. The van der Waals surface area contributed by atoms with Crippen molar-refractivity contribution in [3.05, 3.63) is 102 Å². The molecule has 11 nitrogen and oxygen atoms in total. The number of rotatable bonds is 22. The van der Waals surface area contributed by atoms with Crippen LogP contribution in [0.2, 0.25) is 0 Å². The van der Waals surface area contributed by atoms with Gasteiger partial charge in [-0.1, -0.05) is 24.3 Å². The lowest BCUT2D eigenvalue weighted by atomic mass is 10.1. The molecule has 4 aromatic carbocycles. The standard InChI is InChI=1S/C25H34N2O4.C25H33NO4/c1-18(2)30-24-12-11-21(27-19(3)28)16-25(24)29-14-13-26-17-20-7-6-10-23(15-20)31-22-8-4-5-9-22;1-18(2)29-24-12-11-21(19(3)27)16-25(24)28-14-13-26-17-20-7-6-10-23(15-20)30-22-8-4-5-9-22/h6-7,10-12,15-16,18,22,26H,4-5,8-9,13-14,17H2,1-3H3,(H,27,28);6-7,10-12,15-16,18,22,26H,4-5,8-9,13-14,17H2,1-3H3. The Labute approximate surface area is 363 Å². The molecule has 2 aliphatic rings. The molecule has 11 heteroatoms. The van der Waals surface area contributed by atoms with Gasteiger partial charge in [0.1, 0.15) is 24.7 Å². The summed E-state index contributed by atoms with van der Waals surface area (Å²) in [5, 5.41) is 9.59. The molecule has 2 fully saturated rings. The fraction of sp³-hybridized carbons (Fsp3) is 0.480. The van der Waals surface area contributed by atoms with Gasteiger partial charge in [-0.15, -0.1) is 0 Å². The molecule has 61 heavy (non-hydrogen) atoms. The van der Waals surface area contributed by atoms with Crippen molar-refractivity contribution in [3.8, 4) is 34.5 Å². The van der Waals surface area contributed by atoms with Crippen LogP contribution in [-0.2, 0) is 17.9 Å². The van der Waals surface area contributed by atoms with Crippen molar-refractivity contribution in [1.82, 2.24) is 10.6 Å². The largest absolute Gasteiger partial charge is 0.490 e. The van der Waals surface area contributed by atoms with Gasteiger partial charge in [0.05, 0.1) is 24.4 Å². The highest BCUT2D eigenvalue weighted by Crippen LogP contribution is 2.32. The number of benzene rings is 4. The Balaban J connectivity index is 0.000000231. The van der Waals surface area contributed by atoms with E-state index < -0.39 is 0 Å². The third kappa shape index (κ3) is 17.0. The highest BCUT2D eigenvalue weighted by molar-refractivity contribution is 5.94. The van der Waals surface area contributed by atoms with Gasteiger partial charge in [0.2, 0.25) is 5.91 Å². The smallest absolute Gasteiger partial charge is 0.221 e. The summed E-state index contributed by atoms with van der Waals surface area (Å²) in [7, 11) is 0. The van der Waals surface area contributed by atoms with Crippen LogP contribution in [0.3, 0.4) is 0 Å². The topological polar surface area (TPSA) is 126 Å². The first-order valence-electron chi connectivity index (χ1n) is 22.1. The molecular formula is C50H67N3O8. The Morgan fingerprint density at radius 1 is 0.590 bits per heavy atom. The second kappa shape index (κ2) is 24.9. The van der Waals surface area contributed by atoms with E-state index in [4.69, 9.17) is 28.4 Å². The highest BCUT2D eigenvalue weighted by atomic mass is 16.5. The van der Waals surface area contributed by atoms with Crippen LogP contribution in [0.5, 0.6) is 34.5 Å². The van der Waals surface area contributed by atoms with Crippen LogP contribution in [0.1, 0.15) is 114 Å². The first-order valence-corrected chi connectivity index (χ1v) is 22.1. The maximum Gasteiger partial charge on any atom is 0.221 e. The van der Waals surface area contributed by atoms with E-state index >= 15 is 0 Å². The minimum Gasteiger partial charge on any atom is -0.490 e. The van der Waals surface area contributed by atoms with Gasteiger partial charge >= 0.3 is 0 Å². The van der Waals surface area contributed by atoms with Crippen molar-refractivity contribution >= 4 is 17.4 Å². The van der Waals surface area contributed by atoms with Crippen LogP contribution in [0.4, 0.5) is 5.69 Å². The summed E-state index contributed by atoms with van der Waals surface area (Å²) in [4.78, 5) is 23.0. The summed E-state index contributed by atoms with van der Waals surface area (Å²) in [5.41, 5.74) is 3.68. The van der Waals surface area contributed by atoms with Crippen LogP contribution in [0.25, 0.3) is 0 Å². The van der Waals surface area contributed by atoms with E-state index in [1.807, 2.05) is 64.1 Å². The summed E-state index contributed by atoms with van der Waals surface area (Å²) in [6.45, 7) is 14.7. The molecule has 1 amide bonds. The van der Waals surface area contributed by atoms with Gasteiger partial charge in [-0.05, 0) is 152 Å². The first-order chi connectivity index (χ1) is 29.5. The molecule has 330 valence electrons. The van der Waals surface area contributed by atoms with Gasteiger partial charge in [0, 0.05) is 50.4 Å². The van der Waals surface area contributed by atoms with Crippen LogP contribution in [0, 0.1) is 0 Å². The molecule has 0 spiro atoms. The van der Waals surface area contributed by atoms with Crippen molar-refractivity contribution in [2.45, 2.75) is 130 Å². The van der Waals surface area contributed by atoms with Gasteiger partial charge in [-0.25, -0.2) is 0 Å². The van der Waals surface area contributed by atoms with E-state index in [2.05, 4.69) is 40.2 Å². The number of Topliss-reactive ketones (excluding diaryl/α,β-unsaturated/α-hetero) is 1. The quantitative estimate of drug-likeness (QED) is 0.0520. The number of ketones is 1. The van der Waals surface area contributed by atoms with Crippen molar-refractivity contribution in [2.75, 3.05) is 31.6 Å². The lowest BCUT2D eigenvalue weighted by molar-refractivity contribution is -0.114. The average molecular weight is 838 g/mol. The van der Waals surface area contributed by atoms with E-state index in [-0.39, 0.29) is 23.9 Å². The van der Waals surface area contributed by atoms with E-state index in [1.165, 1.54) is 43.7 Å². The van der Waals surface area contributed by atoms with Crippen molar-refractivity contribution < 1.29 is 38.0 Å². The van der Waals surface area contributed by atoms with Crippen LogP contribution in [0.15, 0.2) is 84.9 Å². The lowest BCUT2D eigenvalue weighted by Gasteiger charge is -2.17. The van der Waals surface area contributed by atoms with E-state index in [0.717, 1.165) is 50.3 Å². The predicted molar refractivity (Wildman–Crippen MR) is 242 cm³/mol. The molecule has 0 atom stereocenters. The number of hydrogen-bond donors (Lipinski definition) is 3. The molecule has 0 aliphatic heterocycles. The Morgan fingerprint density at radius 3 is 1.52 bits per heavy atom. The molecule has 2 aliphatic carbocycles. The van der Waals surface area contributed by atoms with Gasteiger partial charge in [-0.2, -0.15) is 0 Å². The molecule has 0 saturated heterocycles. The zero-order chi connectivity index (χ0) is 43.4. The van der Waals surface area contributed by atoms with Crippen LogP contribution >= 0.6 is 0 Å². The van der Waals surface area contributed by atoms with Gasteiger partial charge in [-0.3, -0.25) is 9.59 Å². The molecule has 0 heterocycles. The Morgan fingerprint density at radius 2 is 1.07 bits per heavy atom. The van der Waals surface area contributed by atoms with Crippen LogP contribution < -0.4 is 44.4 Å². The van der Waals surface area contributed by atoms with Crippen LogP contribution in [-0.4, -0.2) is 62.4 Å². The summed E-state index contributed by atoms with van der Waals surface area (Å²) in [6.07, 6.45) is 10.5. The van der Waals surface area contributed by atoms with Crippen molar-refractivity contribution in [1.29, 1.82) is 0 Å². The van der Waals surface area contributed by atoms with E-state index in [1.54, 1.807) is 31.2 Å². The fourth-order valence-corrected chi connectivity index (χ4v) is 7.23. The second-order valence-corrected chi connectivity index (χ2v) is 16.3. The molecule has 0 radical (unpaired) electrons. The van der Waals surface area contributed by atoms with Gasteiger partial charge in [0.15, 0.2) is 28.8 Å². The fourth-order valence-electron chi connectivity index (χ4n) is 7.23. The number of hydrogen-bond acceptors (Lipinski definition) is 10. The van der Waals surface area contributed by atoms with Gasteiger partial charge < -0.3 is 44.4 Å². The third-order valence-corrected chi connectivity index (χ3v) is 10.1. The zero-order valence-corrected chi connectivity index (χ0v) is 37.1. The number of nitrogens with one attached hydrogen (secondary N) is 3. The maximum atomic E-state index is 11.7. The Hall–Kier alpha value is -5.26. The van der Waals surface area contributed by atoms with Crippen molar-refractivity contribution in [2.24, 2.45) is 0 Å². The minimum atomic E-state index is -0.121. The summed E-state index contributed by atoms with van der Waals surface area (Å²) in [6, 6.07) is 27.3. The van der Waals surface area contributed by atoms with E-state index in [0.29, 0.717) is 72.8 Å². The predicted octanol–water partition coefficient (Wildman–Crippen LogP) is 10.1. The molecule has 3 N–H and O–H groups in total. The summed E-state index contributed by atoms with van der Waals surface area (Å²) < 4.78 is 35.7. The SMILES string of the molecule is CC(=O)Nc1ccc(OC(C)C)c(OCCNCc2cccc(OC3CCCC3)c2)c1.CC(=O)c1ccc(OC(C)C)c(OCCNCc2cccc(OC3CCCC3)c2)c1. The maximum absolute atomic E-state index is 11.7. The summed E-state index contributed by atoms with van der Waals surface area (Å²) >= 11 is 0. The number of amides is 1. The third-order valence-electron chi connectivity index (χ3n) is 10.1. The second-order valence-electron chi connectivity index (χ2n) is 16.3. The minimum absolute atomic E-state index is 0.00813. The average Bonchev–Trinajstić information content (AvgIpc) is 3.94. The number of ether oxygens (including phenoxy) is 6. The van der Waals surface area contributed by atoms with Crippen molar-refractivity contribution in [3.63, 3.8) is 0 Å². The Bertz CT molecular complexity index is 1960. The number of anilines is 1.